The van der Waals surface area contributed by atoms with Gasteiger partial charge in [0, 0.05) is 56.4 Å². The van der Waals surface area contributed by atoms with Crippen LogP contribution < -0.4 is 9.64 Å². The van der Waals surface area contributed by atoms with E-state index in [0.29, 0.717) is 18.2 Å². The number of methoxy groups -OCH3 is 1. The quantitative estimate of drug-likeness (QED) is 0.838. The fourth-order valence-electron chi connectivity index (χ4n) is 3.43. The predicted octanol–water partition coefficient (Wildman–Crippen LogP) is 2.73. The van der Waals surface area contributed by atoms with E-state index in [-0.39, 0.29) is 11.8 Å². The lowest BCUT2D eigenvalue weighted by molar-refractivity contribution is -0.138. The fraction of sp³-hybridized carbons (Fsp3) is 0.611. The first kappa shape index (κ1) is 17.4. The van der Waals surface area contributed by atoms with Gasteiger partial charge in [0.1, 0.15) is 5.75 Å². The van der Waals surface area contributed by atoms with Crippen LogP contribution in [-0.2, 0) is 9.53 Å². The topological polar surface area (TPSA) is 42.0 Å². The molecule has 2 heterocycles. The van der Waals surface area contributed by atoms with Crippen LogP contribution in [0.3, 0.4) is 0 Å². The number of halogens is 1. The number of ether oxygens (including phenoxy) is 2. The Hall–Kier alpha value is -1.46. The molecule has 0 spiro atoms. The lowest BCUT2D eigenvalue weighted by atomic mass is 9.98. The highest BCUT2D eigenvalue weighted by atomic mass is 35.5. The third-order valence-corrected chi connectivity index (χ3v) is 5.37. The number of rotatable bonds is 3. The maximum Gasteiger partial charge on any atom is 0.225 e. The zero-order valence-electron chi connectivity index (χ0n) is 14.4. The molecule has 0 saturated carbocycles. The van der Waals surface area contributed by atoms with Crippen LogP contribution in [0.4, 0.5) is 5.69 Å². The molecule has 2 saturated heterocycles. The van der Waals surface area contributed by atoms with Gasteiger partial charge in [-0.15, -0.1) is 0 Å². The number of benzene rings is 1. The molecule has 3 rings (SSSR count). The Morgan fingerprint density at radius 1 is 1.21 bits per heavy atom. The van der Waals surface area contributed by atoms with Crippen molar-refractivity contribution in [2.24, 2.45) is 5.92 Å². The molecule has 5 nitrogen and oxygen atoms in total. The SMILES string of the molecule is COc1cc(Cl)c(C)cc1N1CCN(C(=O)C2CCOCC2)CC1. The largest absolute Gasteiger partial charge is 0.495 e. The molecule has 0 radical (unpaired) electrons. The summed E-state index contributed by atoms with van der Waals surface area (Å²) in [6, 6.07) is 3.93. The third-order valence-electron chi connectivity index (χ3n) is 4.96. The van der Waals surface area contributed by atoms with Crippen molar-refractivity contribution in [3.63, 3.8) is 0 Å². The van der Waals surface area contributed by atoms with Crippen LogP contribution in [0.1, 0.15) is 18.4 Å². The van der Waals surface area contributed by atoms with Gasteiger partial charge in [0.15, 0.2) is 0 Å². The van der Waals surface area contributed by atoms with Crippen molar-refractivity contribution in [1.82, 2.24) is 4.90 Å². The molecule has 2 aliphatic heterocycles. The summed E-state index contributed by atoms with van der Waals surface area (Å²) in [4.78, 5) is 16.9. The van der Waals surface area contributed by atoms with Crippen LogP contribution in [0.2, 0.25) is 5.02 Å². The molecule has 132 valence electrons. The van der Waals surface area contributed by atoms with Gasteiger partial charge in [-0.3, -0.25) is 4.79 Å². The normalized spacial score (nSPS) is 19.5. The number of carbonyl (C=O) groups is 1. The van der Waals surface area contributed by atoms with Crippen molar-refractivity contribution in [1.29, 1.82) is 0 Å². The second kappa shape index (κ2) is 7.62. The first-order chi connectivity index (χ1) is 11.6. The first-order valence-corrected chi connectivity index (χ1v) is 8.93. The molecule has 2 fully saturated rings. The fourth-order valence-corrected chi connectivity index (χ4v) is 3.58. The van der Waals surface area contributed by atoms with Crippen molar-refractivity contribution in [3.8, 4) is 5.75 Å². The maximum atomic E-state index is 12.6. The molecule has 0 aliphatic carbocycles. The van der Waals surface area contributed by atoms with Gasteiger partial charge in [-0.2, -0.15) is 0 Å². The molecule has 2 aliphatic rings. The average molecular weight is 353 g/mol. The Bertz CT molecular complexity index is 594. The number of carbonyl (C=O) groups excluding carboxylic acids is 1. The van der Waals surface area contributed by atoms with Crippen molar-refractivity contribution in [3.05, 3.63) is 22.7 Å². The van der Waals surface area contributed by atoms with Gasteiger partial charge in [0.05, 0.1) is 12.8 Å². The molecular formula is C18H25ClN2O3. The van der Waals surface area contributed by atoms with Crippen molar-refractivity contribution < 1.29 is 14.3 Å². The summed E-state index contributed by atoms with van der Waals surface area (Å²) in [6.07, 6.45) is 1.70. The highest BCUT2D eigenvalue weighted by molar-refractivity contribution is 6.31. The van der Waals surface area contributed by atoms with Gasteiger partial charge < -0.3 is 19.3 Å². The minimum absolute atomic E-state index is 0.137. The molecular weight excluding hydrogens is 328 g/mol. The molecule has 1 aromatic carbocycles. The van der Waals surface area contributed by atoms with Gasteiger partial charge in [-0.05, 0) is 31.4 Å². The average Bonchev–Trinajstić information content (AvgIpc) is 2.64. The van der Waals surface area contributed by atoms with Crippen LogP contribution in [0.15, 0.2) is 12.1 Å². The number of aryl methyl sites for hydroxylation is 1. The Morgan fingerprint density at radius 2 is 1.88 bits per heavy atom. The molecule has 0 atom stereocenters. The Kier molecular flexibility index (Phi) is 5.51. The zero-order chi connectivity index (χ0) is 17.1. The van der Waals surface area contributed by atoms with Crippen molar-refractivity contribution >= 4 is 23.2 Å². The van der Waals surface area contributed by atoms with Crippen molar-refractivity contribution in [2.75, 3.05) is 51.4 Å². The standard InChI is InChI=1S/C18H25ClN2O3/c1-13-11-16(17(23-2)12-15(13)19)20-5-7-21(8-6-20)18(22)14-3-9-24-10-4-14/h11-12,14H,3-10H2,1-2H3. The third kappa shape index (κ3) is 3.62. The number of amides is 1. The van der Waals surface area contributed by atoms with E-state index in [2.05, 4.69) is 11.0 Å². The Balaban J connectivity index is 1.64. The van der Waals surface area contributed by atoms with E-state index < -0.39 is 0 Å². The van der Waals surface area contributed by atoms with Gasteiger partial charge in [0.2, 0.25) is 5.91 Å². The van der Waals surface area contributed by atoms with Gasteiger partial charge in [-0.25, -0.2) is 0 Å². The summed E-state index contributed by atoms with van der Waals surface area (Å²) in [6.45, 7) is 6.53. The summed E-state index contributed by atoms with van der Waals surface area (Å²) in [5.74, 6) is 1.21. The smallest absolute Gasteiger partial charge is 0.225 e. The molecule has 1 amide bonds. The molecule has 24 heavy (non-hydrogen) atoms. The van der Waals surface area contributed by atoms with Gasteiger partial charge >= 0.3 is 0 Å². The van der Waals surface area contributed by atoms with Gasteiger partial charge in [-0.1, -0.05) is 11.6 Å². The van der Waals surface area contributed by atoms with E-state index in [4.69, 9.17) is 21.1 Å². The zero-order valence-corrected chi connectivity index (χ0v) is 15.1. The molecule has 6 heteroatoms. The lowest BCUT2D eigenvalue weighted by Gasteiger charge is -2.38. The molecule has 0 N–H and O–H groups in total. The van der Waals surface area contributed by atoms with Crippen LogP contribution in [0.5, 0.6) is 5.75 Å². The second-order valence-electron chi connectivity index (χ2n) is 6.47. The van der Waals surface area contributed by atoms with Crippen LogP contribution >= 0.6 is 11.6 Å². The Morgan fingerprint density at radius 3 is 2.50 bits per heavy atom. The first-order valence-electron chi connectivity index (χ1n) is 8.55. The lowest BCUT2D eigenvalue weighted by Crippen LogP contribution is -2.51. The van der Waals surface area contributed by atoms with Crippen LogP contribution in [-0.4, -0.2) is 57.3 Å². The maximum absolute atomic E-state index is 12.6. The van der Waals surface area contributed by atoms with E-state index in [1.807, 2.05) is 17.9 Å². The minimum atomic E-state index is 0.137. The van der Waals surface area contributed by atoms with Crippen LogP contribution in [0, 0.1) is 12.8 Å². The Labute approximate surface area is 148 Å². The van der Waals surface area contributed by atoms with Crippen LogP contribution in [0.25, 0.3) is 0 Å². The summed E-state index contributed by atoms with van der Waals surface area (Å²) in [5, 5.41) is 0.712. The van der Waals surface area contributed by atoms with Crippen molar-refractivity contribution in [2.45, 2.75) is 19.8 Å². The number of nitrogens with zero attached hydrogens (tertiary/aromatic N) is 2. The molecule has 0 aromatic heterocycles. The molecule has 0 unspecified atom stereocenters. The molecule has 1 aromatic rings. The number of hydrogen-bond acceptors (Lipinski definition) is 4. The second-order valence-corrected chi connectivity index (χ2v) is 6.88. The van der Waals surface area contributed by atoms with E-state index in [9.17, 15) is 4.79 Å². The van der Waals surface area contributed by atoms with E-state index in [1.54, 1.807) is 7.11 Å². The summed E-state index contributed by atoms with van der Waals surface area (Å²) >= 11 is 6.19. The number of anilines is 1. The van der Waals surface area contributed by atoms with E-state index in [1.165, 1.54) is 0 Å². The minimum Gasteiger partial charge on any atom is -0.495 e. The highest BCUT2D eigenvalue weighted by Crippen LogP contribution is 2.34. The highest BCUT2D eigenvalue weighted by Gasteiger charge is 2.29. The number of hydrogen-bond donors (Lipinski definition) is 0. The number of piperazine rings is 1. The monoisotopic (exact) mass is 352 g/mol. The van der Waals surface area contributed by atoms with E-state index in [0.717, 1.165) is 56.0 Å². The summed E-state index contributed by atoms with van der Waals surface area (Å²) in [5.41, 5.74) is 2.09. The van der Waals surface area contributed by atoms with E-state index >= 15 is 0 Å². The molecule has 0 bridgehead atoms. The summed E-state index contributed by atoms with van der Waals surface area (Å²) < 4.78 is 10.8. The summed E-state index contributed by atoms with van der Waals surface area (Å²) in [7, 11) is 1.66. The predicted molar refractivity (Wildman–Crippen MR) is 95.1 cm³/mol. The van der Waals surface area contributed by atoms with Gasteiger partial charge in [0.25, 0.3) is 0 Å².